The lowest BCUT2D eigenvalue weighted by Crippen LogP contribution is -2.48. The Bertz CT molecular complexity index is 777. The van der Waals surface area contributed by atoms with Crippen molar-refractivity contribution in [3.8, 4) is 23.0 Å². The molecule has 3 rings (SSSR count). The molecule has 1 amide bonds. The van der Waals surface area contributed by atoms with E-state index in [1.807, 2.05) is 37.3 Å². The van der Waals surface area contributed by atoms with Crippen molar-refractivity contribution in [1.29, 1.82) is 0 Å². The summed E-state index contributed by atoms with van der Waals surface area (Å²) in [6, 6.07) is 12.8. The fraction of sp³-hybridized carbons (Fsp3) is 0.350. The van der Waals surface area contributed by atoms with E-state index in [2.05, 4.69) is 5.32 Å². The average Bonchev–Trinajstić information content (AvgIpc) is 2.67. The molecule has 2 aromatic rings. The van der Waals surface area contributed by atoms with E-state index in [1.54, 1.807) is 26.4 Å². The number of carbonyl (C=O) groups is 1. The highest BCUT2D eigenvalue weighted by atomic mass is 16.6. The van der Waals surface area contributed by atoms with Gasteiger partial charge in [0, 0.05) is 0 Å². The number of carbonyl (C=O) groups excluding carboxylic acids is 1. The summed E-state index contributed by atoms with van der Waals surface area (Å²) in [5, 5.41) is 2.98. The lowest BCUT2D eigenvalue weighted by atomic mass is 10.1. The highest BCUT2D eigenvalue weighted by molar-refractivity contribution is 5.79. The summed E-state index contributed by atoms with van der Waals surface area (Å²) < 4.78 is 22.1. The average molecular weight is 357 g/mol. The summed E-state index contributed by atoms with van der Waals surface area (Å²) in [6.07, 6.45) is 0.00810. The number of benzene rings is 2. The molecule has 1 heterocycles. The van der Waals surface area contributed by atoms with Crippen LogP contribution in [-0.2, 0) is 11.2 Å². The number of rotatable bonds is 6. The molecule has 0 fully saturated rings. The van der Waals surface area contributed by atoms with E-state index in [9.17, 15) is 4.79 Å². The van der Waals surface area contributed by atoms with Gasteiger partial charge in [0.2, 0.25) is 5.91 Å². The third-order valence-electron chi connectivity index (χ3n) is 4.29. The van der Waals surface area contributed by atoms with Crippen molar-refractivity contribution in [3.05, 3.63) is 48.0 Å². The Balaban J connectivity index is 1.58. The number of methoxy groups -OCH3 is 2. The van der Waals surface area contributed by atoms with Crippen LogP contribution in [0.1, 0.15) is 12.5 Å². The molecule has 0 saturated heterocycles. The second kappa shape index (κ2) is 7.99. The molecule has 0 bridgehead atoms. The molecule has 0 spiro atoms. The Kier molecular flexibility index (Phi) is 5.51. The first-order valence-electron chi connectivity index (χ1n) is 8.49. The third-order valence-corrected chi connectivity index (χ3v) is 4.29. The van der Waals surface area contributed by atoms with Gasteiger partial charge in [-0.25, -0.2) is 0 Å². The molecule has 6 heteroatoms. The first-order chi connectivity index (χ1) is 12.6. The zero-order valence-electron chi connectivity index (χ0n) is 15.2. The van der Waals surface area contributed by atoms with Crippen LogP contribution in [0.3, 0.4) is 0 Å². The first-order valence-corrected chi connectivity index (χ1v) is 8.49. The molecule has 0 aromatic heterocycles. The quantitative estimate of drug-likeness (QED) is 0.861. The normalized spacial score (nSPS) is 16.5. The van der Waals surface area contributed by atoms with E-state index in [-0.39, 0.29) is 24.5 Å². The fourth-order valence-corrected chi connectivity index (χ4v) is 2.86. The van der Waals surface area contributed by atoms with Gasteiger partial charge < -0.3 is 24.3 Å². The van der Waals surface area contributed by atoms with Gasteiger partial charge in [-0.2, -0.15) is 0 Å². The highest BCUT2D eigenvalue weighted by Gasteiger charge is 2.27. The summed E-state index contributed by atoms with van der Waals surface area (Å²) in [5.74, 6) is 2.58. The molecule has 2 atom stereocenters. The van der Waals surface area contributed by atoms with Crippen LogP contribution in [0.2, 0.25) is 0 Å². The van der Waals surface area contributed by atoms with Crippen molar-refractivity contribution in [2.75, 3.05) is 20.8 Å². The lowest BCUT2D eigenvalue weighted by molar-refractivity contribution is -0.121. The molecule has 0 saturated carbocycles. The molecule has 1 aliphatic heterocycles. The Labute approximate surface area is 153 Å². The van der Waals surface area contributed by atoms with Crippen LogP contribution < -0.4 is 24.3 Å². The van der Waals surface area contributed by atoms with Gasteiger partial charge in [-0.05, 0) is 36.8 Å². The number of para-hydroxylation sites is 2. The predicted octanol–water partition coefficient (Wildman–Crippen LogP) is 2.59. The maximum Gasteiger partial charge on any atom is 0.224 e. The number of fused-ring (bicyclic) bond motifs is 1. The van der Waals surface area contributed by atoms with E-state index in [0.29, 0.717) is 23.9 Å². The molecule has 138 valence electrons. The molecule has 1 aliphatic rings. The standard InChI is InChI=1S/C20H23NO5/c1-13(19-12-25-16-6-4-5-7-17(16)26-19)21-20(22)11-14-8-9-15(23-2)18(10-14)24-3/h4-10,13,19H,11-12H2,1-3H3,(H,21,22)/t13-,19+/m0/s1. The number of hydrogen-bond donors (Lipinski definition) is 1. The maximum absolute atomic E-state index is 12.4. The summed E-state index contributed by atoms with van der Waals surface area (Å²) in [6.45, 7) is 2.31. The Morgan fingerprint density at radius 3 is 2.62 bits per heavy atom. The minimum absolute atomic E-state index is 0.0906. The molecule has 0 radical (unpaired) electrons. The molecular formula is C20H23NO5. The van der Waals surface area contributed by atoms with Gasteiger partial charge in [0.05, 0.1) is 26.7 Å². The van der Waals surface area contributed by atoms with E-state index >= 15 is 0 Å². The maximum atomic E-state index is 12.4. The van der Waals surface area contributed by atoms with Crippen molar-refractivity contribution >= 4 is 5.91 Å². The van der Waals surface area contributed by atoms with Crippen molar-refractivity contribution in [3.63, 3.8) is 0 Å². The Hall–Kier alpha value is -2.89. The van der Waals surface area contributed by atoms with Crippen LogP contribution in [0, 0.1) is 0 Å². The van der Waals surface area contributed by atoms with E-state index in [0.717, 1.165) is 11.3 Å². The van der Waals surface area contributed by atoms with Crippen LogP contribution in [0.4, 0.5) is 0 Å². The van der Waals surface area contributed by atoms with Gasteiger partial charge >= 0.3 is 0 Å². The molecule has 2 aromatic carbocycles. The Morgan fingerprint density at radius 1 is 1.15 bits per heavy atom. The largest absolute Gasteiger partial charge is 0.493 e. The molecule has 0 unspecified atom stereocenters. The number of nitrogens with one attached hydrogen (secondary N) is 1. The predicted molar refractivity (Wildman–Crippen MR) is 97.2 cm³/mol. The van der Waals surface area contributed by atoms with Gasteiger partial charge in [0.25, 0.3) is 0 Å². The zero-order chi connectivity index (χ0) is 18.5. The van der Waals surface area contributed by atoms with Gasteiger partial charge in [0.1, 0.15) is 6.61 Å². The number of amides is 1. The number of ether oxygens (including phenoxy) is 4. The smallest absolute Gasteiger partial charge is 0.224 e. The second-order valence-electron chi connectivity index (χ2n) is 6.14. The van der Waals surface area contributed by atoms with Gasteiger partial charge in [0.15, 0.2) is 29.1 Å². The Morgan fingerprint density at radius 2 is 1.88 bits per heavy atom. The van der Waals surface area contributed by atoms with Gasteiger partial charge in [-0.1, -0.05) is 18.2 Å². The molecular weight excluding hydrogens is 334 g/mol. The van der Waals surface area contributed by atoms with Crippen molar-refractivity contribution in [2.45, 2.75) is 25.5 Å². The van der Waals surface area contributed by atoms with Crippen LogP contribution in [0.15, 0.2) is 42.5 Å². The minimum Gasteiger partial charge on any atom is -0.493 e. The summed E-state index contributed by atoms with van der Waals surface area (Å²) in [5.41, 5.74) is 0.846. The van der Waals surface area contributed by atoms with Gasteiger partial charge in [-0.15, -0.1) is 0 Å². The first kappa shape index (κ1) is 17.9. The van der Waals surface area contributed by atoms with Crippen LogP contribution in [0.25, 0.3) is 0 Å². The monoisotopic (exact) mass is 357 g/mol. The summed E-state index contributed by atoms with van der Waals surface area (Å²) >= 11 is 0. The number of hydrogen-bond acceptors (Lipinski definition) is 5. The van der Waals surface area contributed by atoms with Crippen molar-refractivity contribution in [2.24, 2.45) is 0 Å². The summed E-state index contributed by atoms with van der Waals surface area (Å²) in [7, 11) is 3.15. The fourth-order valence-electron chi connectivity index (χ4n) is 2.86. The van der Waals surface area contributed by atoms with Crippen LogP contribution in [-0.4, -0.2) is 38.9 Å². The zero-order valence-corrected chi connectivity index (χ0v) is 15.2. The van der Waals surface area contributed by atoms with Gasteiger partial charge in [-0.3, -0.25) is 4.79 Å². The van der Waals surface area contributed by atoms with Crippen LogP contribution in [0.5, 0.6) is 23.0 Å². The third kappa shape index (κ3) is 4.02. The second-order valence-corrected chi connectivity index (χ2v) is 6.14. The SMILES string of the molecule is COc1ccc(CC(=O)N[C@@H](C)[C@H]2COc3ccccc3O2)cc1OC. The molecule has 6 nitrogen and oxygen atoms in total. The topological polar surface area (TPSA) is 66.0 Å². The summed E-state index contributed by atoms with van der Waals surface area (Å²) in [4.78, 5) is 12.4. The van der Waals surface area contributed by atoms with Crippen molar-refractivity contribution < 1.29 is 23.7 Å². The van der Waals surface area contributed by atoms with E-state index in [4.69, 9.17) is 18.9 Å². The van der Waals surface area contributed by atoms with E-state index in [1.165, 1.54) is 0 Å². The highest BCUT2D eigenvalue weighted by Crippen LogP contribution is 2.31. The van der Waals surface area contributed by atoms with E-state index < -0.39 is 0 Å². The molecule has 0 aliphatic carbocycles. The minimum atomic E-state index is -0.237. The van der Waals surface area contributed by atoms with Crippen molar-refractivity contribution in [1.82, 2.24) is 5.32 Å². The molecule has 1 N–H and O–H groups in total. The lowest BCUT2D eigenvalue weighted by Gasteiger charge is -2.30. The van der Waals surface area contributed by atoms with Crippen LogP contribution >= 0.6 is 0 Å². The molecule has 26 heavy (non-hydrogen) atoms.